The summed E-state index contributed by atoms with van der Waals surface area (Å²) in [6.07, 6.45) is -0.802. The van der Waals surface area contributed by atoms with Crippen LogP contribution in [0.3, 0.4) is 0 Å². The van der Waals surface area contributed by atoms with Crippen LogP contribution in [-0.2, 0) is 14.2 Å². The summed E-state index contributed by atoms with van der Waals surface area (Å²) >= 11 is 0. The van der Waals surface area contributed by atoms with E-state index in [4.69, 9.17) is 20.6 Å². The van der Waals surface area contributed by atoms with Crippen molar-refractivity contribution in [1.82, 2.24) is 5.32 Å². The van der Waals surface area contributed by atoms with E-state index in [1.807, 2.05) is 0 Å². The molecule has 0 aliphatic heterocycles. The van der Waals surface area contributed by atoms with Crippen molar-refractivity contribution in [2.45, 2.75) is 38.5 Å². The number of rotatable bonds is 7. The molecule has 0 aromatic carbocycles. The standard InChI is InChI=1S/C9H19N2O6P/c1-5(2)8(10)9(14)11-6(18(15,16)17)3-4-7(12)13/h5-6,8H,3-4,10H2,1-2H3,(H,11,14)(H,12,13)(H2,15,16,17)/t6?,8-/m0/s1. The molecular weight excluding hydrogens is 263 g/mol. The molecule has 0 rings (SSSR count). The highest BCUT2D eigenvalue weighted by atomic mass is 31.2. The monoisotopic (exact) mass is 282 g/mol. The fourth-order valence-corrected chi connectivity index (χ4v) is 1.91. The van der Waals surface area contributed by atoms with Gasteiger partial charge < -0.3 is 25.9 Å². The molecule has 106 valence electrons. The first kappa shape index (κ1) is 17.1. The molecule has 0 aliphatic rings. The van der Waals surface area contributed by atoms with Gasteiger partial charge in [-0.1, -0.05) is 13.8 Å². The van der Waals surface area contributed by atoms with Gasteiger partial charge in [-0.25, -0.2) is 0 Å². The molecule has 0 bridgehead atoms. The van der Waals surface area contributed by atoms with Gasteiger partial charge in [-0.3, -0.25) is 14.2 Å². The van der Waals surface area contributed by atoms with Crippen molar-refractivity contribution in [3.8, 4) is 0 Å². The summed E-state index contributed by atoms with van der Waals surface area (Å²) in [4.78, 5) is 40.0. The number of carbonyl (C=O) groups excluding carboxylic acids is 1. The topological polar surface area (TPSA) is 150 Å². The number of carboxylic acid groups (broad SMARTS) is 1. The van der Waals surface area contributed by atoms with Crippen LogP contribution in [0.2, 0.25) is 0 Å². The number of nitrogens with two attached hydrogens (primary N) is 1. The van der Waals surface area contributed by atoms with Crippen molar-refractivity contribution in [3.05, 3.63) is 0 Å². The minimum atomic E-state index is -4.61. The summed E-state index contributed by atoms with van der Waals surface area (Å²) in [5, 5.41) is 10.6. The van der Waals surface area contributed by atoms with E-state index in [2.05, 4.69) is 5.32 Å². The lowest BCUT2D eigenvalue weighted by Crippen LogP contribution is -2.47. The van der Waals surface area contributed by atoms with E-state index in [1.165, 1.54) is 0 Å². The molecule has 0 saturated heterocycles. The summed E-state index contributed by atoms with van der Waals surface area (Å²) in [5.74, 6) is -3.62. The summed E-state index contributed by atoms with van der Waals surface area (Å²) < 4.78 is 11.1. The van der Waals surface area contributed by atoms with Gasteiger partial charge in [0, 0.05) is 6.42 Å². The largest absolute Gasteiger partial charge is 0.481 e. The second-order valence-corrected chi connectivity index (χ2v) is 6.12. The Labute approximate surface area is 105 Å². The Morgan fingerprint density at radius 1 is 1.33 bits per heavy atom. The Morgan fingerprint density at radius 3 is 2.17 bits per heavy atom. The van der Waals surface area contributed by atoms with Gasteiger partial charge in [-0.2, -0.15) is 0 Å². The Morgan fingerprint density at radius 2 is 1.83 bits per heavy atom. The van der Waals surface area contributed by atoms with E-state index in [0.29, 0.717) is 0 Å². The molecule has 0 fully saturated rings. The SMILES string of the molecule is CC(C)[C@H](N)C(=O)NC(CCC(=O)O)P(=O)(O)O. The van der Waals surface area contributed by atoms with Gasteiger partial charge in [0.2, 0.25) is 5.91 Å². The molecule has 0 radical (unpaired) electrons. The molecule has 0 spiro atoms. The van der Waals surface area contributed by atoms with Crippen LogP contribution in [0.4, 0.5) is 0 Å². The van der Waals surface area contributed by atoms with Crippen LogP contribution < -0.4 is 11.1 Å². The van der Waals surface area contributed by atoms with Crippen molar-refractivity contribution in [2.24, 2.45) is 11.7 Å². The molecule has 0 saturated carbocycles. The molecule has 1 unspecified atom stereocenters. The Kier molecular flexibility index (Phi) is 6.48. The lowest BCUT2D eigenvalue weighted by Gasteiger charge is -2.22. The first-order valence-electron chi connectivity index (χ1n) is 5.38. The van der Waals surface area contributed by atoms with Crippen LogP contribution in [0.5, 0.6) is 0 Å². The van der Waals surface area contributed by atoms with Crippen LogP contribution >= 0.6 is 7.60 Å². The lowest BCUT2D eigenvalue weighted by atomic mass is 10.1. The predicted molar refractivity (Wildman–Crippen MR) is 63.7 cm³/mol. The fourth-order valence-electron chi connectivity index (χ4n) is 1.15. The zero-order valence-corrected chi connectivity index (χ0v) is 11.1. The molecule has 8 nitrogen and oxygen atoms in total. The zero-order chi connectivity index (χ0) is 14.5. The molecule has 1 amide bonds. The molecule has 0 aromatic rings. The van der Waals surface area contributed by atoms with E-state index in [0.717, 1.165) is 0 Å². The summed E-state index contributed by atoms with van der Waals surface area (Å²) in [6, 6.07) is -0.899. The molecule has 18 heavy (non-hydrogen) atoms. The number of carboxylic acids is 1. The lowest BCUT2D eigenvalue weighted by molar-refractivity contribution is -0.137. The molecule has 0 aromatic heterocycles. The second-order valence-electron chi connectivity index (χ2n) is 4.32. The highest BCUT2D eigenvalue weighted by Gasteiger charge is 2.32. The number of hydrogen-bond donors (Lipinski definition) is 5. The van der Waals surface area contributed by atoms with Crippen molar-refractivity contribution in [3.63, 3.8) is 0 Å². The van der Waals surface area contributed by atoms with Crippen molar-refractivity contribution in [1.29, 1.82) is 0 Å². The third kappa shape index (κ3) is 6.11. The van der Waals surface area contributed by atoms with Crippen LogP contribution in [0.1, 0.15) is 26.7 Å². The molecule has 0 heterocycles. The van der Waals surface area contributed by atoms with E-state index < -0.39 is 37.7 Å². The molecule has 6 N–H and O–H groups in total. The van der Waals surface area contributed by atoms with E-state index >= 15 is 0 Å². The van der Waals surface area contributed by atoms with Gasteiger partial charge >= 0.3 is 13.6 Å². The average Bonchev–Trinajstić information content (AvgIpc) is 2.20. The first-order chi connectivity index (χ1) is 8.05. The predicted octanol–water partition coefficient (Wildman–Crippen LogP) is -0.545. The molecule has 2 atom stereocenters. The minimum absolute atomic E-state index is 0.193. The normalized spacial score (nSPS) is 15.2. The van der Waals surface area contributed by atoms with Gasteiger partial charge in [-0.15, -0.1) is 0 Å². The summed E-state index contributed by atoms with van der Waals surface area (Å²) in [7, 11) is -4.61. The van der Waals surface area contributed by atoms with Gasteiger partial charge in [0.05, 0.1) is 6.04 Å². The Bertz CT molecular complexity index is 353. The minimum Gasteiger partial charge on any atom is -0.481 e. The Balaban J connectivity index is 4.65. The number of nitrogens with one attached hydrogen (secondary N) is 1. The zero-order valence-electron chi connectivity index (χ0n) is 10.2. The van der Waals surface area contributed by atoms with Crippen molar-refractivity contribution >= 4 is 19.5 Å². The van der Waals surface area contributed by atoms with Gasteiger partial charge in [0.1, 0.15) is 5.78 Å². The highest BCUT2D eigenvalue weighted by molar-refractivity contribution is 7.52. The van der Waals surface area contributed by atoms with Crippen LogP contribution in [0.25, 0.3) is 0 Å². The van der Waals surface area contributed by atoms with Gasteiger partial charge in [0.15, 0.2) is 0 Å². The first-order valence-corrected chi connectivity index (χ1v) is 7.06. The third-order valence-electron chi connectivity index (χ3n) is 2.37. The quantitative estimate of drug-likeness (QED) is 0.393. The molecular formula is C9H19N2O6P. The van der Waals surface area contributed by atoms with E-state index in [9.17, 15) is 14.2 Å². The van der Waals surface area contributed by atoms with Crippen molar-refractivity contribution in [2.75, 3.05) is 0 Å². The van der Waals surface area contributed by atoms with E-state index in [-0.39, 0.29) is 12.3 Å². The smallest absolute Gasteiger partial charge is 0.347 e. The highest BCUT2D eigenvalue weighted by Crippen LogP contribution is 2.41. The third-order valence-corrected chi connectivity index (χ3v) is 3.57. The fraction of sp³-hybridized carbons (Fsp3) is 0.778. The summed E-state index contributed by atoms with van der Waals surface area (Å²) in [6.45, 7) is 3.38. The maximum Gasteiger partial charge on any atom is 0.347 e. The second kappa shape index (κ2) is 6.84. The molecule has 0 aliphatic carbocycles. The molecule has 9 heteroatoms. The average molecular weight is 282 g/mol. The maximum absolute atomic E-state index is 11.6. The van der Waals surface area contributed by atoms with Crippen LogP contribution in [0.15, 0.2) is 0 Å². The van der Waals surface area contributed by atoms with E-state index in [1.54, 1.807) is 13.8 Å². The maximum atomic E-state index is 11.6. The van der Waals surface area contributed by atoms with Crippen LogP contribution in [-0.4, -0.2) is 38.6 Å². The Hall–Kier alpha value is -0.950. The van der Waals surface area contributed by atoms with Gasteiger partial charge in [-0.05, 0) is 12.3 Å². The number of carbonyl (C=O) groups is 2. The van der Waals surface area contributed by atoms with Crippen LogP contribution in [0, 0.1) is 5.92 Å². The van der Waals surface area contributed by atoms with Crippen molar-refractivity contribution < 1.29 is 29.0 Å². The number of amides is 1. The van der Waals surface area contributed by atoms with Gasteiger partial charge in [0.25, 0.3) is 0 Å². The summed E-state index contributed by atoms with van der Waals surface area (Å²) in [5.41, 5.74) is 5.53. The number of hydrogen-bond acceptors (Lipinski definition) is 4. The number of aliphatic carboxylic acids is 1.